The van der Waals surface area contributed by atoms with Crippen LogP contribution in [0.2, 0.25) is 0 Å². The molecule has 0 heterocycles. The van der Waals surface area contributed by atoms with Gasteiger partial charge in [0, 0.05) is 17.8 Å². The van der Waals surface area contributed by atoms with E-state index in [-0.39, 0.29) is 0 Å². The number of hydrogen-bond acceptors (Lipinski definition) is 2. The van der Waals surface area contributed by atoms with Crippen LogP contribution in [0.4, 0.5) is 5.69 Å². The van der Waals surface area contributed by atoms with Gasteiger partial charge in [-0.15, -0.1) is 0 Å². The van der Waals surface area contributed by atoms with Gasteiger partial charge in [-0.25, -0.2) is 0 Å². The number of nitrogens with one attached hydrogen (secondary N) is 1. The van der Waals surface area contributed by atoms with Crippen molar-refractivity contribution in [3.63, 3.8) is 0 Å². The smallest absolute Gasteiger partial charge is 0.120 e. The first-order valence-corrected chi connectivity index (χ1v) is 3.25. The van der Waals surface area contributed by atoms with Crippen molar-refractivity contribution in [1.29, 1.82) is 0 Å². The minimum atomic E-state index is 0.797. The van der Waals surface area contributed by atoms with Gasteiger partial charge in [0.1, 0.15) is 5.75 Å². The first-order valence-electron chi connectivity index (χ1n) is 2.87. The maximum Gasteiger partial charge on any atom is 0.120 e. The second-order valence-corrected chi connectivity index (χ2v) is 2.02. The molecule has 0 saturated heterocycles. The molecule has 0 aromatic heterocycles. The van der Waals surface area contributed by atoms with Crippen LogP contribution in [-0.4, -0.2) is 7.11 Å². The van der Waals surface area contributed by atoms with Gasteiger partial charge in [-0.05, 0) is 12.1 Å². The Kier molecular flexibility index (Phi) is 2.40. The van der Waals surface area contributed by atoms with Crippen LogP contribution in [0.3, 0.4) is 0 Å². The molecule has 10 heavy (non-hydrogen) atoms. The SMILES string of the molecule is COc1cccc(NCl)c1. The fraction of sp³-hybridized carbons (Fsp3) is 0.143. The van der Waals surface area contributed by atoms with Crippen LogP contribution >= 0.6 is 11.8 Å². The van der Waals surface area contributed by atoms with Gasteiger partial charge in [0.05, 0.1) is 12.8 Å². The van der Waals surface area contributed by atoms with Crippen LogP contribution in [0.25, 0.3) is 0 Å². The highest BCUT2D eigenvalue weighted by Crippen LogP contribution is 2.16. The normalized spacial score (nSPS) is 9.00. The van der Waals surface area contributed by atoms with Gasteiger partial charge in [-0.1, -0.05) is 6.07 Å². The molecule has 0 amide bonds. The Labute approximate surface area is 64.9 Å². The Balaban J connectivity index is 2.87. The minimum Gasteiger partial charge on any atom is -0.497 e. The Morgan fingerprint density at radius 3 is 2.90 bits per heavy atom. The summed E-state index contributed by atoms with van der Waals surface area (Å²) in [6.45, 7) is 0. The molecule has 0 aliphatic rings. The fourth-order valence-corrected chi connectivity index (χ4v) is 0.799. The lowest BCUT2D eigenvalue weighted by atomic mass is 10.3. The summed E-state index contributed by atoms with van der Waals surface area (Å²) in [5, 5.41) is 0. The van der Waals surface area contributed by atoms with Crippen molar-refractivity contribution in [3.8, 4) is 5.75 Å². The van der Waals surface area contributed by atoms with Gasteiger partial charge in [0.15, 0.2) is 0 Å². The van der Waals surface area contributed by atoms with Crippen LogP contribution in [0.15, 0.2) is 24.3 Å². The highest BCUT2D eigenvalue weighted by Gasteiger charge is 1.90. The molecule has 1 aromatic carbocycles. The highest BCUT2D eigenvalue weighted by atomic mass is 35.5. The third-order valence-corrected chi connectivity index (χ3v) is 1.40. The van der Waals surface area contributed by atoms with E-state index >= 15 is 0 Å². The molecule has 1 rings (SSSR count). The molecule has 0 atom stereocenters. The van der Waals surface area contributed by atoms with Crippen molar-refractivity contribution < 1.29 is 4.74 Å². The van der Waals surface area contributed by atoms with Crippen LogP contribution in [0, 0.1) is 0 Å². The first kappa shape index (κ1) is 7.22. The number of ether oxygens (including phenoxy) is 1. The minimum absolute atomic E-state index is 0.797. The molecular formula is C7H8ClNO. The fourth-order valence-electron chi connectivity index (χ4n) is 0.682. The molecule has 0 unspecified atom stereocenters. The van der Waals surface area contributed by atoms with E-state index in [4.69, 9.17) is 16.5 Å². The molecule has 1 aromatic rings. The topological polar surface area (TPSA) is 21.3 Å². The van der Waals surface area contributed by atoms with Gasteiger partial charge >= 0.3 is 0 Å². The monoisotopic (exact) mass is 157 g/mol. The maximum absolute atomic E-state index is 5.35. The van der Waals surface area contributed by atoms with E-state index in [1.54, 1.807) is 7.11 Å². The van der Waals surface area contributed by atoms with Gasteiger partial charge < -0.3 is 4.74 Å². The van der Waals surface area contributed by atoms with E-state index < -0.39 is 0 Å². The zero-order valence-electron chi connectivity index (χ0n) is 5.60. The lowest BCUT2D eigenvalue weighted by molar-refractivity contribution is 0.415. The molecular weight excluding hydrogens is 150 g/mol. The second-order valence-electron chi connectivity index (χ2n) is 1.83. The molecule has 0 aliphatic heterocycles. The average Bonchev–Trinajstić information content (AvgIpc) is 2.05. The molecule has 54 valence electrons. The second kappa shape index (κ2) is 3.32. The highest BCUT2D eigenvalue weighted by molar-refractivity contribution is 6.23. The molecule has 0 fully saturated rings. The van der Waals surface area contributed by atoms with Crippen molar-refractivity contribution in [2.75, 3.05) is 11.9 Å². The molecule has 0 bridgehead atoms. The Bertz CT molecular complexity index is 195. The van der Waals surface area contributed by atoms with Crippen LogP contribution in [-0.2, 0) is 0 Å². The van der Waals surface area contributed by atoms with E-state index in [1.165, 1.54) is 0 Å². The van der Waals surface area contributed by atoms with Crippen LogP contribution in [0.1, 0.15) is 0 Å². The molecule has 1 N–H and O–H groups in total. The van der Waals surface area contributed by atoms with Gasteiger partial charge in [0.25, 0.3) is 0 Å². The number of rotatable bonds is 2. The molecule has 3 heteroatoms. The third-order valence-electron chi connectivity index (χ3n) is 1.18. The Morgan fingerprint density at radius 1 is 1.50 bits per heavy atom. The number of methoxy groups -OCH3 is 1. The first-order chi connectivity index (χ1) is 4.86. The molecule has 2 nitrogen and oxygen atoms in total. The number of hydrogen-bond donors (Lipinski definition) is 1. The van der Waals surface area contributed by atoms with Crippen molar-refractivity contribution >= 4 is 17.5 Å². The van der Waals surface area contributed by atoms with Gasteiger partial charge in [-0.2, -0.15) is 0 Å². The van der Waals surface area contributed by atoms with Crippen molar-refractivity contribution in [3.05, 3.63) is 24.3 Å². The van der Waals surface area contributed by atoms with Crippen molar-refractivity contribution in [2.24, 2.45) is 0 Å². The van der Waals surface area contributed by atoms with Gasteiger partial charge in [0.2, 0.25) is 0 Å². The zero-order valence-corrected chi connectivity index (χ0v) is 6.35. The predicted molar refractivity (Wildman–Crippen MR) is 42.5 cm³/mol. The molecule has 0 radical (unpaired) electrons. The van der Waals surface area contributed by atoms with Gasteiger partial charge in [-0.3, -0.25) is 4.84 Å². The van der Waals surface area contributed by atoms with E-state index in [0.29, 0.717) is 0 Å². The summed E-state index contributed by atoms with van der Waals surface area (Å²) < 4.78 is 4.96. The zero-order chi connectivity index (χ0) is 7.40. The van der Waals surface area contributed by atoms with E-state index in [2.05, 4.69) is 4.84 Å². The summed E-state index contributed by atoms with van der Waals surface area (Å²) >= 11 is 5.35. The number of benzene rings is 1. The summed E-state index contributed by atoms with van der Waals surface area (Å²) in [5.74, 6) is 0.797. The van der Waals surface area contributed by atoms with Crippen molar-refractivity contribution in [2.45, 2.75) is 0 Å². The van der Waals surface area contributed by atoms with E-state index in [0.717, 1.165) is 11.4 Å². The summed E-state index contributed by atoms with van der Waals surface area (Å²) in [4.78, 5) is 2.49. The summed E-state index contributed by atoms with van der Waals surface area (Å²) in [7, 11) is 1.62. The van der Waals surface area contributed by atoms with E-state index in [1.807, 2.05) is 24.3 Å². The largest absolute Gasteiger partial charge is 0.497 e. The lowest BCUT2D eigenvalue weighted by Gasteiger charge is -2.00. The summed E-state index contributed by atoms with van der Waals surface area (Å²) in [5.41, 5.74) is 0.834. The standard InChI is InChI=1S/C7H8ClNO/c1-10-7-4-2-3-6(5-7)9-8/h2-5,9H,1H3. The summed E-state index contributed by atoms with van der Waals surface area (Å²) in [6.07, 6.45) is 0. The molecule has 0 spiro atoms. The Morgan fingerprint density at radius 2 is 2.30 bits per heavy atom. The number of halogens is 1. The lowest BCUT2D eigenvalue weighted by Crippen LogP contribution is -1.83. The van der Waals surface area contributed by atoms with E-state index in [9.17, 15) is 0 Å². The maximum atomic E-state index is 5.35. The Hall–Kier alpha value is -0.890. The average molecular weight is 158 g/mol. The quantitative estimate of drug-likeness (QED) is 0.665. The predicted octanol–water partition coefficient (Wildman–Crippen LogP) is 2.26. The van der Waals surface area contributed by atoms with Crippen LogP contribution in [0.5, 0.6) is 5.75 Å². The van der Waals surface area contributed by atoms with Crippen LogP contribution < -0.4 is 9.57 Å². The molecule has 0 aliphatic carbocycles. The van der Waals surface area contributed by atoms with Crippen molar-refractivity contribution in [1.82, 2.24) is 0 Å². The third kappa shape index (κ3) is 1.54. The number of anilines is 1. The molecule has 0 saturated carbocycles. The summed E-state index contributed by atoms with van der Waals surface area (Å²) in [6, 6.07) is 7.39.